The van der Waals surface area contributed by atoms with Gasteiger partial charge in [-0.2, -0.15) is 0 Å². The monoisotopic (exact) mass is 398 g/mol. The van der Waals surface area contributed by atoms with E-state index in [9.17, 15) is 9.59 Å². The van der Waals surface area contributed by atoms with Gasteiger partial charge in [0.2, 0.25) is 5.91 Å². The van der Waals surface area contributed by atoms with Crippen LogP contribution in [0.25, 0.3) is 21.1 Å². The number of aryl methyl sites for hydroxylation is 2. The predicted molar refractivity (Wildman–Crippen MR) is 113 cm³/mol. The Morgan fingerprint density at radius 3 is 3.00 bits per heavy atom. The number of fused-ring (bicyclic) bond motifs is 2. The zero-order valence-corrected chi connectivity index (χ0v) is 16.5. The van der Waals surface area contributed by atoms with E-state index in [1.807, 2.05) is 44.3 Å². The first-order valence-corrected chi connectivity index (χ1v) is 10.4. The maximum absolute atomic E-state index is 12.3. The van der Waals surface area contributed by atoms with Crippen molar-refractivity contribution >= 4 is 55.8 Å². The molecular weight excluding hydrogens is 380 g/mol. The summed E-state index contributed by atoms with van der Waals surface area (Å²) < 4.78 is 0. The van der Waals surface area contributed by atoms with Gasteiger partial charge in [-0.05, 0) is 43.0 Å². The van der Waals surface area contributed by atoms with E-state index in [0.717, 1.165) is 31.9 Å². The molecule has 0 saturated heterocycles. The third-order valence-corrected chi connectivity index (χ3v) is 6.44. The Morgan fingerprint density at radius 2 is 2.15 bits per heavy atom. The molecular formula is C19H18N4O2S2. The first-order chi connectivity index (χ1) is 13.0. The predicted octanol–water partition coefficient (Wildman–Crippen LogP) is 3.95. The first-order valence-electron chi connectivity index (χ1n) is 8.45. The summed E-state index contributed by atoms with van der Waals surface area (Å²) in [5, 5.41) is 4.67. The summed E-state index contributed by atoms with van der Waals surface area (Å²) in [5.74, 6) is 1.27. The largest absolute Gasteiger partial charge is 0.361 e. The summed E-state index contributed by atoms with van der Waals surface area (Å²) in [6, 6.07) is 7.74. The van der Waals surface area contributed by atoms with Crippen LogP contribution in [0, 0.1) is 13.8 Å². The Balaban J connectivity index is 1.38. The molecule has 4 rings (SSSR count). The number of thioether (sulfide) groups is 1. The molecule has 8 heteroatoms. The summed E-state index contributed by atoms with van der Waals surface area (Å²) in [4.78, 5) is 36.8. The Morgan fingerprint density at radius 1 is 1.30 bits per heavy atom. The molecule has 0 radical (unpaired) electrons. The van der Waals surface area contributed by atoms with Gasteiger partial charge in [0, 0.05) is 22.3 Å². The molecule has 3 heterocycles. The lowest BCUT2D eigenvalue weighted by atomic mass is 10.2. The Labute approximate surface area is 163 Å². The van der Waals surface area contributed by atoms with E-state index in [1.54, 1.807) is 0 Å². The van der Waals surface area contributed by atoms with Gasteiger partial charge in [0.05, 0.1) is 16.9 Å². The Hall–Kier alpha value is -2.58. The number of carbonyl (C=O) groups excluding carboxylic acids is 1. The van der Waals surface area contributed by atoms with E-state index >= 15 is 0 Å². The van der Waals surface area contributed by atoms with Crippen molar-refractivity contribution < 1.29 is 4.79 Å². The third-order valence-electron chi connectivity index (χ3n) is 4.40. The average Bonchev–Trinajstić information content (AvgIpc) is 3.19. The fourth-order valence-electron chi connectivity index (χ4n) is 2.93. The molecule has 0 aliphatic rings. The van der Waals surface area contributed by atoms with Crippen molar-refractivity contribution in [3.63, 3.8) is 0 Å². The summed E-state index contributed by atoms with van der Waals surface area (Å²) >= 11 is 2.95. The van der Waals surface area contributed by atoms with Crippen LogP contribution in [-0.4, -0.2) is 26.6 Å². The summed E-state index contributed by atoms with van der Waals surface area (Å²) in [6.45, 7) is 3.93. The highest BCUT2D eigenvalue weighted by Gasteiger charge is 2.12. The van der Waals surface area contributed by atoms with Crippen molar-refractivity contribution in [2.75, 3.05) is 11.1 Å². The quantitative estimate of drug-likeness (QED) is 0.475. The number of anilines is 1. The van der Waals surface area contributed by atoms with Crippen molar-refractivity contribution in [1.82, 2.24) is 15.0 Å². The number of H-pyrrole nitrogens is 2. The van der Waals surface area contributed by atoms with Gasteiger partial charge in [0.15, 0.2) is 0 Å². The number of nitrogens with zero attached hydrogens (tertiary/aromatic N) is 1. The van der Waals surface area contributed by atoms with Gasteiger partial charge in [0.1, 0.15) is 10.7 Å². The van der Waals surface area contributed by atoms with Gasteiger partial charge in [-0.3, -0.25) is 9.59 Å². The second-order valence-corrected chi connectivity index (χ2v) is 8.49. The number of aromatic nitrogens is 3. The Kier molecular flexibility index (Phi) is 4.75. The second kappa shape index (κ2) is 7.21. The molecule has 0 aliphatic carbocycles. The molecule has 0 unspecified atom stereocenters. The van der Waals surface area contributed by atoms with Crippen LogP contribution in [0.3, 0.4) is 0 Å². The highest BCUT2D eigenvalue weighted by atomic mass is 32.2. The van der Waals surface area contributed by atoms with E-state index in [1.165, 1.54) is 23.1 Å². The summed E-state index contributed by atoms with van der Waals surface area (Å²) in [7, 11) is 0. The number of aromatic amines is 2. The highest BCUT2D eigenvalue weighted by molar-refractivity contribution is 7.99. The minimum atomic E-state index is -0.110. The van der Waals surface area contributed by atoms with Crippen LogP contribution in [0.2, 0.25) is 0 Å². The molecule has 1 aromatic carbocycles. The number of nitrogens with one attached hydrogen (secondary N) is 3. The fraction of sp³-hybridized carbons (Fsp3) is 0.211. The number of benzene rings is 1. The molecule has 3 aromatic heterocycles. The number of amides is 1. The molecule has 4 aromatic rings. The van der Waals surface area contributed by atoms with Crippen LogP contribution in [0.15, 0.2) is 35.3 Å². The van der Waals surface area contributed by atoms with Crippen molar-refractivity contribution in [2.45, 2.75) is 19.6 Å². The lowest BCUT2D eigenvalue weighted by molar-refractivity contribution is -0.113. The smallest absolute Gasteiger partial charge is 0.259 e. The topological polar surface area (TPSA) is 90.6 Å². The molecule has 138 valence electrons. The van der Waals surface area contributed by atoms with E-state index < -0.39 is 0 Å². The van der Waals surface area contributed by atoms with Crippen LogP contribution >= 0.6 is 23.1 Å². The molecule has 0 bridgehead atoms. The number of hydrogen-bond donors (Lipinski definition) is 3. The molecule has 0 atom stereocenters. The van der Waals surface area contributed by atoms with Crippen LogP contribution in [0.1, 0.15) is 16.3 Å². The number of hydrogen-bond acceptors (Lipinski definition) is 5. The van der Waals surface area contributed by atoms with Gasteiger partial charge >= 0.3 is 0 Å². The van der Waals surface area contributed by atoms with Crippen molar-refractivity contribution in [2.24, 2.45) is 0 Å². The SMILES string of the molecule is Cc1sc2nc(CSCC(=O)Nc3ccc4cc[nH]c4c3)[nH]c(=O)c2c1C. The maximum Gasteiger partial charge on any atom is 0.259 e. The third kappa shape index (κ3) is 3.63. The lowest BCUT2D eigenvalue weighted by Crippen LogP contribution is -2.15. The molecule has 27 heavy (non-hydrogen) atoms. The summed E-state index contributed by atoms with van der Waals surface area (Å²) in [5.41, 5.74) is 2.62. The van der Waals surface area contributed by atoms with Crippen LogP contribution in [0.4, 0.5) is 5.69 Å². The zero-order valence-electron chi connectivity index (χ0n) is 14.9. The Bertz CT molecular complexity index is 1210. The van der Waals surface area contributed by atoms with Crippen LogP contribution in [-0.2, 0) is 10.5 Å². The molecule has 0 fully saturated rings. The van der Waals surface area contributed by atoms with Gasteiger partial charge in [-0.1, -0.05) is 6.07 Å². The van der Waals surface area contributed by atoms with Crippen molar-refractivity contribution in [3.05, 3.63) is 57.1 Å². The zero-order chi connectivity index (χ0) is 19.0. The normalized spacial score (nSPS) is 11.3. The number of thiophene rings is 1. The molecule has 6 nitrogen and oxygen atoms in total. The van der Waals surface area contributed by atoms with Gasteiger partial charge < -0.3 is 15.3 Å². The molecule has 3 N–H and O–H groups in total. The van der Waals surface area contributed by atoms with E-state index in [-0.39, 0.29) is 17.2 Å². The van der Waals surface area contributed by atoms with Crippen molar-refractivity contribution in [1.29, 1.82) is 0 Å². The van der Waals surface area contributed by atoms with Gasteiger partial charge in [-0.15, -0.1) is 23.1 Å². The van der Waals surface area contributed by atoms with E-state index in [0.29, 0.717) is 17.0 Å². The highest BCUT2D eigenvalue weighted by Crippen LogP contribution is 2.26. The van der Waals surface area contributed by atoms with Gasteiger partial charge in [0.25, 0.3) is 5.56 Å². The van der Waals surface area contributed by atoms with E-state index in [2.05, 4.69) is 20.3 Å². The first kappa shape index (κ1) is 17.8. The number of rotatable bonds is 5. The fourth-order valence-corrected chi connectivity index (χ4v) is 4.67. The summed E-state index contributed by atoms with van der Waals surface area (Å²) in [6.07, 6.45) is 1.87. The second-order valence-electron chi connectivity index (χ2n) is 6.30. The van der Waals surface area contributed by atoms with Gasteiger partial charge in [-0.25, -0.2) is 4.98 Å². The van der Waals surface area contributed by atoms with E-state index in [4.69, 9.17) is 0 Å². The standard InChI is InChI=1S/C19H18N4O2S2/c1-10-11(2)27-19-17(10)18(25)22-15(23-19)8-26-9-16(24)21-13-4-3-12-5-6-20-14(12)7-13/h3-7,20H,8-9H2,1-2H3,(H,21,24)(H,22,23,25). The maximum atomic E-state index is 12.3. The van der Waals surface area contributed by atoms with Crippen LogP contribution in [0.5, 0.6) is 0 Å². The molecule has 0 aliphatic heterocycles. The number of carbonyl (C=O) groups is 1. The molecule has 0 saturated carbocycles. The molecule has 1 amide bonds. The minimum Gasteiger partial charge on any atom is -0.361 e. The lowest BCUT2D eigenvalue weighted by Gasteiger charge is -2.05. The average molecular weight is 399 g/mol. The minimum absolute atomic E-state index is 0.0860. The molecule has 0 spiro atoms. The van der Waals surface area contributed by atoms with Crippen molar-refractivity contribution in [3.8, 4) is 0 Å². The van der Waals surface area contributed by atoms with Crippen LogP contribution < -0.4 is 10.9 Å².